The van der Waals surface area contributed by atoms with Crippen LogP contribution in [0.2, 0.25) is 0 Å². The molecular formula is C13H11FN. The van der Waals surface area contributed by atoms with Gasteiger partial charge in [0.05, 0.1) is 0 Å². The van der Waals surface area contributed by atoms with E-state index in [1.165, 1.54) is 6.07 Å². The summed E-state index contributed by atoms with van der Waals surface area (Å²) in [6.07, 6.45) is 2.39. The fourth-order valence-electron chi connectivity index (χ4n) is 1.50. The summed E-state index contributed by atoms with van der Waals surface area (Å²) in [4.78, 5) is 4.17. The van der Waals surface area contributed by atoms with E-state index in [2.05, 4.69) is 11.1 Å². The fraction of sp³-hybridized carbons (Fsp3) is 0.154. The summed E-state index contributed by atoms with van der Waals surface area (Å²) in [6, 6.07) is 11.5. The molecule has 1 nitrogen and oxygen atoms in total. The van der Waals surface area contributed by atoms with Crippen LogP contribution in [0.4, 0.5) is 4.39 Å². The molecule has 0 saturated carbocycles. The Bertz CT molecular complexity index is 466. The van der Waals surface area contributed by atoms with Gasteiger partial charge >= 0.3 is 0 Å². The number of hydrogen-bond donors (Lipinski definition) is 0. The van der Waals surface area contributed by atoms with Gasteiger partial charge in [0.1, 0.15) is 5.82 Å². The molecule has 0 aliphatic rings. The molecule has 75 valence electrons. The Morgan fingerprint density at radius 2 is 2.27 bits per heavy atom. The van der Waals surface area contributed by atoms with Crippen LogP contribution in [0.15, 0.2) is 36.5 Å². The Hall–Kier alpha value is -1.70. The van der Waals surface area contributed by atoms with Crippen molar-refractivity contribution in [2.24, 2.45) is 0 Å². The molecule has 0 saturated heterocycles. The average molecular weight is 200 g/mol. The summed E-state index contributed by atoms with van der Waals surface area (Å²) < 4.78 is 12.9. The quantitative estimate of drug-likeness (QED) is 0.726. The Morgan fingerprint density at radius 1 is 1.40 bits per heavy atom. The lowest BCUT2D eigenvalue weighted by atomic mass is 10.0. The number of aryl methyl sites for hydroxylation is 1. The number of pyridine rings is 1. The van der Waals surface area contributed by atoms with Crippen molar-refractivity contribution in [3.8, 4) is 0 Å². The number of hydrogen-bond acceptors (Lipinski definition) is 1. The second-order valence-corrected chi connectivity index (χ2v) is 3.46. The third-order valence-electron chi connectivity index (χ3n) is 2.31. The van der Waals surface area contributed by atoms with Crippen LogP contribution in [0.25, 0.3) is 0 Å². The van der Waals surface area contributed by atoms with Gasteiger partial charge in [-0.2, -0.15) is 0 Å². The van der Waals surface area contributed by atoms with Crippen molar-refractivity contribution >= 4 is 0 Å². The predicted molar refractivity (Wildman–Crippen MR) is 57.0 cm³/mol. The highest BCUT2D eigenvalue weighted by atomic mass is 19.1. The first-order chi connectivity index (χ1) is 7.25. The summed E-state index contributed by atoms with van der Waals surface area (Å²) in [5.74, 6) is -0.200. The molecule has 2 heteroatoms. The molecule has 1 radical (unpaired) electrons. The maximum atomic E-state index is 12.9. The van der Waals surface area contributed by atoms with Crippen LogP contribution in [0, 0.1) is 18.8 Å². The van der Waals surface area contributed by atoms with Crippen molar-refractivity contribution in [3.63, 3.8) is 0 Å². The molecule has 2 aromatic rings. The van der Waals surface area contributed by atoms with Gasteiger partial charge in [-0.1, -0.05) is 12.1 Å². The highest BCUT2D eigenvalue weighted by molar-refractivity contribution is 5.27. The van der Waals surface area contributed by atoms with E-state index in [-0.39, 0.29) is 5.82 Å². The second-order valence-electron chi connectivity index (χ2n) is 3.46. The molecule has 1 aromatic carbocycles. The molecule has 0 fully saturated rings. The van der Waals surface area contributed by atoms with E-state index in [4.69, 9.17) is 0 Å². The molecule has 0 aliphatic heterocycles. The van der Waals surface area contributed by atoms with Crippen LogP contribution in [0.1, 0.15) is 16.8 Å². The van der Waals surface area contributed by atoms with Crippen molar-refractivity contribution in [1.29, 1.82) is 0 Å². The molecule has 0 N–H and O–H groups in total. The second kappa shape index (κ2) is 4.22. The molecule has 0 unspecified atom stereocenters. The first-order valence-electron chi connectivity index (χ1n) is 4.82. The van der Waals surface area contributed by atoms with Gasteiger partial charge in [0.2, 0.25) is 0 Å². The molecule has 0 aliphatic carbocycles. The number of aromatic nitrogens is 1. The predicted octanol–water partition coefficient (Wildman–Crippen LogP) is 2.92. The Morgan fingerprint density at radius 3 is 3.00 bits per heavy atom. The lowest BCUT2D eigenvalue weighted by Gasteiger charge is -2.04. The maximum absolute atomic E-state index is 12.9. The smallest absolute Gasteiger partial charge is 0.123 e. The van der Waals surface area contributed by atoms with Crippen LogP contribution in [0.5, 0.6) is 0 Å². The summed E-state index contributed by atoms with van der Waals surface area (Å²) >= 11 is 0. The average Bonchev–Trinajstić information content (AvgIpc) is 2.22. The van der Waals surface area contributed by atoms with Crippen LogP contribution >= 0.6 is 0 Å². The highest BCUT2D eigenvalue weighted by Crippen LogP contribution is 2.12. The lowest BCUT2D eigenvalue weighted by molar-refractivity contribution is 0.626. The first-order valence-corrected chi connectivity index (χ1v) is 4.82. The number of benzene rings is 1. The molecule has 0 amide bonds. The minimum Gasteiger partial charge on any atom is -0.261 e. The topological polar surface area (TPSA) is 12.9 Å². The van der Waals surface area contributed by atoms with Gasteiger partial charge in [-0.3, -0.25) is 4.98 Å². The minimum absolute atomic E-state index is 0.200. The van der Waals surface area contributed by atoms with Crippen molar-refractivity contribution < 1.29 is 4.39 Å². The third-order valence-corrected chi connectivity index (χ3v) is 2.31. The highest BCUT2D eigenvalue weighted by Gasteiger charge is 2.01. The fourth-order valence-corrected chi connectivity index (χ4v) is 1.50. The van der Waals surface area contributed by atoms with Crippen LogP contribution in [-0.2, 0) is 6.42 Å². The molecule has 0 spiro atoms. The third kappa shape index (κ3) is 2.40. The molecule has 15 heavy (non-hydrogen) atoms. The van der Waals surface area contributed by atoms with E-state index in [0.717, 1.165) is 16.8 Å². The summed E-state index contributed by atoms with van der Waals surface area (Å²) in [6.45, 7) is 1.94. The summed E-state index contributed by atoms with van der Waals surface area (Å²) in [5, 5.41) is 0. The van der Waals surface area contributed by atoms with E-state index >= 15 is 0 Å². The number of halogens is 1. The standard InChI is InChI=1S/C13H11FN/c1-10-12(5-3-7-15-10)8-11-4-2-6-13(14)9-11/h2-4,6-7,9H,8H2,1H3. The van der Waals surface area contributed by atoms with Crippen LogP contribution in [0.3, 0.4) is 0 Å². The minimum atomic E-state index is -0.200. The molecule has 0 bridgehead atoms. The zero-order valence-corrected chi connectivity index (χ0v) is 8.50. The largest absolute Gasteiger partial charge is 0.261 e. The normalized spacial score (nSPS) is 10.3. The van der Waals surface area contributed by atoms with Crippen molar-refractivity contribution in [2.75, 3.05) is 0 Å². The van der Waals surface area contributed by atoms with Crippen molar-refractivity contribution in [3.05, 3.63) is 65.2 Å². The summed E-state index contributed by atoms with van der Waals surface area (Å²) in [5.41, 5.74) is 2.91. The van der Waals surface area contributed by atoms with Gasteiger partial charge in [-0.25, -0.2) is 4.39 Å². The van der Waals surface area contributed by atoms with Crippen molar-refractivity contribution in [2.45, 2.75) is 13.3 Å². The lowest BCUT2D eigenvalue weighted by Crippen LogP contribution is -1.94. The molecule has 1 heterocycles. The van der Waals surface area contributed by atoms with Gasteiger partial charge in [0.15, 0.2) is 0 Å². The van der Waals surface area contributed by atoms with Crippen LogP contribution < -0.4 is 0 Å². The molecular weight excluding hydrogens is 189 g/mol. The van der Waals surface area contributed by atoms with Gasteiger partial charge < -0.3 is 0 Å². The van der Waals surface area contributed by atoms with E-state index < -0.39 is 0 Å². The van der Waals surface area contributed by atoms with Gasteiger partial charge in [0.25, 0.3) is 0 Å². The Kier molecular flexibility index (Phi) is 2.77. The summed E-state index contributed by atoms with van der Waals surface area (Å²) in [7, 11) is 0. The number of nitrogens with zero attached hydrogens (tertiary/aromatic N) is 1. The Balaban J connectivity index is 2.26. The Labute approximate surface area is 88.6 Å². The van der Waals surface area contributed by atoms with Gasteiger partial charge in [-0.05, 0) is 48.7 Å². The van der Waals surface area contributed by atoms with E-state index in [1.54, 1.807) is 24.4 Å². The van der Waals surface area contributed by atoms with Gasteiger partial charge in [0, 0.05) is 11.9 Å². The zero-order chi connectivity index (χ0) is 10.7. The van der Waals surface area contributed by atoms with E-state index in [0.29, 0.717) is 6.42 Å². The van der Waals surface area contributed by atoms with Crippen molar-refractivity contribution in [1.82, 2.24) is 4.98 Å². The van der Waals surface area contributed by atoms with Crippen LogP contribution in [-0.4, -0.2) is 4.98 Å². The van der Waals surface area contributed by atoms with Gasteiger partial charge in [-0.15, -0.1) is 0 Å². The van der Waals surface area contributed by atoms with E-state index in [9.17, 15) is 4.39 Å². The monoisotopic (exact) mass is 200 g/mol. The maximum Gasteiger partial charge on any atom is 0.123 e. The first kappa shape index (κ1) is 9.84. The van der Waals surface area contributed by atoms with E-state index in [1.807, 2.05) is 13.0 Å². The molecule has 2 rings (SSSR count). The number of rotatable bonds is 2. The zero-order valence-electron chi connectivity index (χ0n) is 8.50. The molecule has 0 atom stereocenters. The molecule has 1 aromatic heterocycles. The SMILES string of the molecule is Cc1ncc[c]c1Cc1cccc(F)c1.